The van der Waals surface area contributed by atoms with E-state index in [4.69, 9.17) is 4.74 Å². The summed E-state index contributed by atoms with van der Waals surface area (Å²) < 4.78 is 4.83. The second-order valence-electron chi connectivity index (χ2n) is 5.74. The molecule has 2 N–H and O–H groups in total. The Morgan fingerprint density at radius 2 is 1.64 bits per heavy atom. The Labute approximate surface area is 161 Å². The molecule has 140 valence electrons. The SMILES string of the molecule is O=C(COC(=O)/C=C/c1ccc2ccccc2n1)NNC(=O)c1ccccc1. The molecule has 0 unspecified atom stereocenters. The fourth-order valence-electron chi connectivity index (χ4n) is 2.34. The van der Waals surface area contributed by atoms with E-state index in [1.807, 2.05) is 30.3 Å². The molecule has 7 heteroatoms. The lowest BCUT2D eigenvalue weighted by Gasteiger charge is -2.07. The number of benzene rings is 2. The Balaban J connectivity index is 1.44. The molecule has 0 saturated heterocycles. The molecule has 1 heterocycles. The van der Waals surface area contributed by atoms with Crippen LogP contribution in [0.25, 0.3) is 17.0 Å². The van der Waals surface area contributed by atoms with E-state index in [0.717, 1.165) is 10.9 Å². The van der Waals surface area contributed by atoms with Crippen molar-refractivity contribution in [1.29, 1.82) is 0 Å². The third-order valence-electron chi connectivity index (χ3n) is 3.71. The number of nitrogens with one attached hydrogen (secondary N) is 2. The van der Waals surface area contributed by atoms with Gasteiger partial charge in [-0.3, -0.25) is 20.4 Å². The van der Waals surface area contributed by atoms with Crippen molar-refractivity contribution in [3.63, 3.8) is 0 Å². The molecule has 7 nitrogen and oxygen atoms in total. The van der Waals surface area contributed by atoms with Crippen LogP contribution in [0.4, 0.5) is 0 Å². The molecule has 3 aromatic rings. The standard InChI is InChI=1S/C21H17N3O4/c25-19(23-24-21(27)16-7-2-1-3-8-16)14-28-20(26)13-12-17-11-10-15-6-4-5-9-18(15)22-17/h1-13H,14H2,(H,23,25)(H,24,27)/b13-12+. The molecule has 0 aliphatic carbocycles. The summed E-state index contributed by atoms with van der Waals surface area (Å²) in [6.07, 6.45) is 2.69. The largest absolute Gasteiger partial charge is 0.452 e. The van der Waals surface area contributed by atoms with Crippen molar-refractivity contribution in [1.82, 2.24) is 15.8 Å². The van der Waals surface area contributed by atoms with Crippen molar-refractivity contribution >= 4 is 34.8 Å². The number of pyridine rings is 1. The highest BCUT2D eigenvalue weighted by atomic mass is 16.5. The van der Waals surface area contributed by atoms with E-state index >= 15 is 0 Å². The quantitative estimate of drug-likeness (QED) is 0.405. The molecule has 3 rings (SSSR count). The molecule has 0 spiro atoms. The van der Waals surface area contributed by atoms with Crippen molar-refractivity contribution in [3.8, 4) is 0 Å². The van der Waals surface area contributed by atoms with Crippen molar-refractivity contribution in [2.75, 3.05) is 6.61 Å². The van der Waals surface area contributed by atoms with Crippen LogP contribution in [0.2, 0.25) is 0 Å². The summed E-state index contributed by atoms with van der Waals surface area (Å²) >= 11 is 0. The zero-order valence-corrected chi connectivity index (χ0v) is 14.8. The van der Waals surface area contributed by atoms with E-state index < -0.39 is 24.4 Å². The monoisotopic (exact) mass is 375 g/mol. The average Bonchev–Trinajstić information content (AvgIpc) is 2.75. The minimum absolute atomic E-state index is 0.394. The van der Waals surface area contributed by atoms with Crippen LogP contribution in [0, 0.1) is 0 Å². The highest BCUT2D eigenvalue weighted by molar-refractivity contribution is 5.95. The van der Waals surface area contributed by atoms with Gasteiger partial charge in [-0.05, 0) is 30.3 Å². The topological polar surface area (TPSA) is 97.4 Å². The number of fused-ring (bicyclic) bond motifs is 1. The third-order valence-corrected chi connectivity index (χ3v) is 3.71. The molecule has 0 bridgehead atoms. The number of rotatable bonds is 5. The van der Waals surface area contributed by atoms with E-state index in [1.54, 1.807) is 36.4 Å². The maximum atomic E-state index is 11.8. The molecule has 28 heavy (non-hydrogen) atoms. The first kappa shape index (κ1) is 18.8. The first-order valence-corrected chi connectivity index (χ1v) is 8.47. The average molecular weight is 375 g/mol. The summed E-state index contributed by atoms with van der Waals surface area (Å²) in [4.78, 5) is 39.6. The number of hydrogen-bond donors (Lipinski definition) is 2. The second kappa shape index (κ2) is 9.09. The van der Waals surface area contributed by atoms with Crippen LogP contribution in [0.1, 0.15) is 16.1 Å². The normalized spacial score (nSPS) is 10.6. The molecular weight excluding hydrogens is 358 g/mol. The summed E-state index contributed by atoms with van der Waals surface area (Å²) in [6.45, 7) is -0.524. The number of hydrogen-bond acceptors (Lipinski definition) is 5. The van der Waals surface area contributed by atoms with Crippen LogP contribution in [0.3, 0.4) is 0 Å². The minimum atomic E-state index is -0.695. The molecule has 0 radical (unpaired) electrons. The minimum Gasteiger partial charge on any atom is -0.452 e. The van der Waals surface area contributed by atoms with Gasteiger partial charge in [-0.2, -0.15) is 0 Å². The van der Waals surface area contributed by atoms with Gasteiger partial charge in [0.2, 0.25) is 0 Å². The predicted molar refractivity (Wildman–Crippen MR) is 104 cm³/mol. The summed E-state index contributed by atoms with van der Waals surface area (Å²) in [5.74, 6) is -1.82. The summed E-state index contributed by atoms with van der Waals surface area (Å²) in [5.41, 5.74) is 6.22. The number of carbonyl (C=O) groups excluding carboxylic acids is 3. The smallest absolute Gasteiger partial charge is 0.331 e. The number of esters is 1. The van der Waals surface area contributed by atoms with Gasteiger partial charge in [0.25, 0.3) is 11.8 Å². The van der Waals surface area contributed by atoms with E-state index in [2.05, 4.69) is 15.8 Å². The number of aromatic nitrogens is 1. The van der Waals surface area contributed by atoms with Gasteiger partial charge in [-0.1, -0.05) is 42.5 Å². The van der Waals surface area contributed by atoms with Crippen molar-refractivity contribution in [3.05, 3.63) is 84.1 Å². The lowest BCUT2D eigenvalue weighted by molar-refractivity contribution is -0.144. The number of para-hydroxylation sites is 1. The first-order chi connectivity index (χ1) is 13.6. The maximum absolute atomic E-state index is 11.8. The molecule has 2 amide bonds. The van der Waals surface area contributed by atoms with Gasteiger partial charge in [-0.25, -0.2) is 9.78 Å². The molecule has 0 saturated carbocycles. The summed E-state index contributed by atoms with van der Waals surface area (Å²) in [5, 5.41) is 0.997. The zero-order chi connectivity index (χ0) is 19.8. The summed E-state index contributed by atoms with van der Waals surface area (Å²) in [6, 6.07) is 19.7. The van der Waals surface area contributed by atoms with Crippen LogP contribution in [-0.2, 0) is 14.3 Å². The molecule has 2 aromatic carbocycles. The van der Waals surface area contributed by atoms with Crippen molar-refractivity contribution in [2.45, 2.75) is 0 Å². The number of carbonyl (C=O) groups is 3. The van der Waals surface area contributed by atoms with Gasteiger partial charge < -0.3 is 4.74 Å². The maximum Gasteiger partial charge on any atom is 0.331 e. The molecule has 0 aliphatic rings. The Bertz CT molecular complexity index is 1030. The zero-order valence-electron chi connectivity index (χ0n) is 14.8. The lowest BCUT2D eigenvalue weighted by atomic mass is 10.2. The second-order valence-corrected chi connectivity index (χ2v) is 5.74. The van der Waals surface area contributed by atoms with Gasteiger partial charge in [0.05, 0.1) is 11.2 Å². The Kier molecular flexibility index (Phi) is 6.10. The van der Waals surface area contributed by atoms with Crippen molar-refractivity contribution < 1.29 is 19.1 Å². The molecule has 0 aliphatic heterocycles. The van der Waals surface area contributed by atoms with Crippen LogP contribution in [-0.4, -0.2) is 29.4 Å². The fraction of sp³-hybridized carbons (Fsp3) is 0.0476. The van der Waals surface area contributed by atoms with E-state index in [-0.39, 0.29) is 0 Å². The number of ether oxygens (including phenoxy) is 1. The number of hydrazine groups is 1. The molecule has 0 fully saturated rings. The highest BCUT2D eigenvalue weighted by Gasteiger charge is 2.08. The van der Waals surface area contributed by atoms with Gasteiger partial charge in [-0.15, -0.1) is 0 Å². The predicted octanol–water partition coefficient (Wildman–Crippen LogP) is 2.25. The van der Waals surface area contributed by atoms with Crippen LogP contribution in [0.15, 0.2) is 72.8 Å². The van der Waals surface area contributed by atoms with Crippen LogP contribution < -0.4 is 10.9 Å². The van der Waals surface area contributed by atoms with Crippen molar-refractivity contribution in [2.24, 2.45) is 0 Å². The molecule has 1 aromatic heterocycles. The third kappa shape index (κ3) is 5.25. The van der Waals surface area contributed by atoms with Gasteiger partial charge in [0, 0.05) is 17.0 Å². The lowest BCUT2D eigenvalue weighted by Crippen LogP contribution is -2.43. The van der Waals surface area contributed by atoms with Gasteiger partial charge in [0.15, 0.2) is 6.61 Å². The first-order valence-electron chi connectivity index (χ1n) is 8.47. The van der Waals surface area contributed by atoms with Crippen LogP contribution >= 0.6 is 0 Å². The summed E-state index contributed by atoms with van der Waals surface area (Å²) in [7, 11) is 0. The molecular formula is C21H17N3O4. The van der Waals surface area contributed by atoms with Gasteiger partial charge in [0.1, 0.15) is 0 Å². The molecule has 0 atom stereocenters. The Morgan fingerprint density at radius 3 is 2.46 bits per heavy atom. The number of nitrogens with zero attached hydrogens (tertiary/aromatic N) is 1. The fourth-order valence-corrected chi connectivity index (χ4v) is 2.34. The Hall–Kier alpha value is -4.00. The Morgan fingerprint density at radius 1 is 0.893 bits per heavy atom. The van der Waals surface area contributed by atoms with Gasteiger partial charge >= 0.3 is 5.97 Å². The number of amides is 2. The van der Waals surface area contributed by atoms with E-state index in [1.165, 1.54) is 12.2 Å². The van der Waals surface area contributed by atoms with E-state index in [9.17, 15) is 14.4 Å². The van der Waals surface area contributed by atoms with E-state index in [0.29, 0.717) is 11.3 Å². The highest BCUT2D eigenvalue weighted by Crippen LogP contribution is 2.12. The van der Waals surface area contributed by atoms with Crippen LogP contribution in [0.5, 0.6) is 0 Å².